The lowest BCUT2D eigenvalue weighted by molar-refractivity contribution is 0.0601. The first-order chi connectivity index (χ1) is 10.5. The third kappa shape index (κ3) is 3.54. The third-order valence-electron chi connectivity index (χ3n) is 2.54. The highest BCUT2D eigenvalue weighted by molar-refractivity contribution is 9.10. The zero-order valence-electron chi connectivity index (χ0n) is 11.6. The van der Waals surface area contributed by atoms with Gasteiger partial charge in [-0.3, -0.25) is 0 Å². The maximum absolute atomic E-state index is 11.9. The molecule has 1 rings (SSSR count). The van der Waals surface area contributed by atoms with Crippen molar-refractivity contribution < 1.29 is 14.3 Å². The van der Waals surface area contributed by atoms with Crippen LogP contribution < -0.4 is 10.1 Å². The second-order valence-corrected chi connectivity index (χ2v) is 4.59. The fraction of sp³-hybridized carbons (Fsp3) is 0.143. The van der Waals surface area contributed by atoms with Crippen LogP contribution in [0.25, 0.3) is 0 Å². The predicted molar refractivity (Wildman–Crippen MR) is 79.5 cm³/mol. The number of ether oxygens (including phenoxy) is 2. The van der Waals surface area contributed by atoms with Crippen LogP contribution in [-0.2, 0) is 4.74 Å². The zero-order valence-corrected chi connectivity index (χ0v) is 13.2. The summed E-state index contributed by atoms with van der Waals surface area (Å²) in [7, 11) is 2.64. The Kier molecular flexibility index (Phi) is 5.95. The van der Waals surface area contributed by atoms with Crippen molar-refractivity contribution in [2.75, 3.05) is 19.5 Å². The summed E-state index contributed by atoms with van der Waals surface area (Å²) < 4.78 is 10.1. The summed E-state index contributed by atoms with van der Waals surface area (Å²) in [6.07, 6.45) is 0. The van der Waals surface area contributed by atoms with E-state index in [1.54, 1.807) is 24.3 Å². The number of carbonyl (C=O) groups is 1. The predicted octanol–water partition coefficient (Wildman–Crippen LogP) is 2.48. The number of hydrogen-bond donors (Lipinski definition) is 1. The van der Waals surface area contributed by atoms with Crippen molar-refractivity contribution in [1.29, 1.82) is 15.8 Å². The lowest BCUT2D eigenvalue weighted by atomic mass is 10.1. The Morgan fingerprint density at radius 3 is 2.27 bits per heavy atom. The summed E-state index contributed by atoms with van der Waals surface area (Å²) in [6, 6.07) is 7.89. The molecule has 0 atom stereocenters. The monoisotopic (exact) mass is 360 g/mol. The molecule has 22 heavy (non-hydrogen) atoms. The molecular formula is C14H9BrN4O3. The standard InChI is InChI=1S/C14H9BrN4O3/c1-21-9-3-10(14(20)22-2)13(11(15)4-9)19-12(7-18)8(5-16)6-17/h3-4,19H,1-2H3. The van der Waals surface area contributed by atoms with E-state index in [0.29, 0.717) is 10.2 Å². The summed E-state index contributed by atoms with van der Waals surface area (Å²) in [5.74, 6) is -0.282. The van der Waals surface area contributed by atoms with Gasteiger partial charge >= 0.3 is 5.97 Å². The fourth-order valence-corrected chi connectivity index (χ4v) is 2.04. The van der Waals surface area contributed by atoms with Crippen molar-refractivity contribution in [2.45, 2.75) is 0 Å². The van der Waals surface area contributed by atoms with E-state index in [2.05, 4.69) is 26.0 Å². The number of allylic oxidation sites excluding steroid dienone is 2. The Bertz CT molecular complexity index is 750. The SMILES string of the molecule is COC(=O)c1cc(OC)cc(Br)c1NC(C#N)=C(C#N)C#N. The van der Waals surface area contributed by atoms with Gasteiger partial charge in [-0.25, -0.2) is 4.79 Å². The van der Waals surface area contributed by atoms with Gasteiger partial charge in [0.05, 0.1) is 25.5 Å². The lowest BCUT2D eigenvalue weighted by Crippen LogP contribution is -2.10. The minimum atomic E-state index is -0.671. The van der Waals surface area contributed by atoms with Crippen LogP contribution in [0.1, 0.15) is 10.4 Å². The second-order valence-electron chi connectivity index (χ2n) is 3.73. The van der Waals surface area contributed by atoms with Crippen LogP contribution in [0.2, 0.25) is 0 Å². The smallest absolute Gasteiger partial charge is 0.340 e. The summed E-state index contributed by atoms with van der Waals surface area (Å²) in [5.41, 5.74) is -0.411. The van der Waals surface area contributed by atoms with Crippen molar-refractivity contribution in [2.24, 2.45) is 0 Å². The molecule has 0 unspecified atom stereocenters. The Morgan fingerprint density at radius 2 is 1.82 bits per heavy atom. The number of benzene rings is 1. The van der Waals surface area contributed by atoms with Crippen LogP contribution in [0.5, 0.6) is 5.75 Å². The molecule has 1 aromatic rings. The summed E-state index contributed by atoms with van der Waals surface area (Å²) >= 11 is 3.24. The summed E-state index contributed by atoms with van der Waals surface area (Å²) in [4.78, 5) is 11.9. The van der Waals surface area contributed by atoms with Crippen molar-refractivity contribution in [3.05, 3.63) is 33.4 Å². The first kappa shape index (κ1) is 17.0. The Labute approximate surface area is 135 Å². The number of carbonyl (C=O) groups excluding carboxylic acids is 1. The highest BCUT2D eigenvalue weighted by Crippen LogP contribution is 2.33. The first-order valence-electron chi connectivity index (χ1n) is 5.69. The van der Waals surface area contributed by atoms with Crippen LogP contribution in [-0.4, -0.2) is 20.2 Å². The number of hydrogen-bond acceptors (Lipinski definition) is 7. The molecule has 8 heteroatoms. The molecule has 0 aromatic heterocycles. The van der Waals surface area contributed by atoms with Gasteiger partial charge in [-0.15, -0.1) is 0 Å². The number of nitrogens with zero attached hydrogens (tertiary/aromatic N) is 3. The summed E-state index contributed by atoms with van der Waals surface area (Å²) in [6.45, 7) is 0. The molecule has 0 aliphatic rings. The quantitative estimate of drug-likeness (QED) is 0.646. The number of rotatable bonds is 4. The minimum Gasteiger partial charge on any atom is -0.497 e. The number of anilines is 1. The Morgan fingerprint density at radius 1 is 1.18 bits per heavy atom. The molecule has 0 saturated carbocycles. The normalized spacial score (nSPS) is 8.73. The topological polar surface area (TPSA) is 119 Å². The van der Waals surface area contributed by atoms with Gasteiger partial charge < -0.3 is 14.8 Å². The molecule has 0 aliphatic heterocycles. The second kappa shape index (κ2) is 7.68. The van der Waals surface area contributed by atoms with Crippen molar-refractivity contribution in [3.63, 3.8) is 0 Å². The van der Waals surface area contributed by atoms with Gasteiger partial charge in [0.1, 0.15) is 29.7 Å². The first-order valence-corrected chi connectivity index (χ1v) is 6.49. The molecule has 1 N–H and O–H groups in total. The van der Waals surface area contributed by atoms with Crippen LogP contribution in [0.15, 0.2) is 27.9 Å². The molecule has 1 aromatic carbocycles. The average Bonchev–Trinajstić information content (AvgIpc) is 2.54. The minimum absolute atomic E-state index is 0.0803. The fourth-order valence-electron chi connectivity index (χ4n) is 1.51. The van der Waals surface area contributed by atoms with E-state index in [9.17, 15) is 4.79 Å². The molecule has 0 spiro atoms. The molecule has 110 valence electrons. The zero-order chi connectivity index (χ0) is 16.7. The number of nitrogens with one attached hydrogen (secondary N) is 1. The number of methoxy groups -OCH3 is 2. The molecule has 0 amide bonds. The van der Waals surface area contributed by atoms with E-state index in [4.69, 9.17) is 20.5 Å². The van der Waals surface area contributed by atoms with Gasteiger partial charge in [-0.1, -0.05) is 0 Å². The van der Waals surface area contributed by atoms with Gasteiger partial charge in [-0.2, -0.15) is 15.8 Å². The highest BCUT2D eigenvalue weighted by atomic mass is 79.9. The molecule has 7 nitrogen and oxygen atoms in total. The van der Waals surface area contributed by atoms with E-state index in [-0.39, 0.29) is 16.9 Å². The van der Waals surface area contributed by atoms with Crippen LogP contribution in [0, 0.1) is 34.0 Å². The van der Waals surface area contributed by atoms with Gasteiger partial charge in [0, 0.05) is 4.47 Å². The summed E-state index contributed by atoms with van der Waals surface area (Å²) in [5, 5.41) is 29.3. The van der Waals surface area contributed by atoms with E-state index in [0.717, 1.165) is 0 Å². The number of halogens is 1. The molecular weight excluding hydrogens is 352 g/mol. The van der Waals surface area contributed by atoms with Crippen molar-refractivity contribution in [1.82, 2.24) is 0 Å². The van der Waals surface area contributed by atoms with Crippen molar-refractivity contribution in [3.8, 4) is 24.0 Å². The van der Waals surface area contributed by atoms with E-state index in [1.165, 1.54) is 20.3 Å². The van der Waals surface area contributed by atoms with Gasteiger partial charge in [0.15, 0.2) is 5.57 Å². The van der Waals surface area contributed by atoms with Crippen LogP contribution in [0.3, 0.4) is 0 Å². The van der Waals surface area contributed by atoms with Crippen LogP contribution in [0.4, 0.5) is 5.69 Å². The Balaban J connectivity index is 3.52. The largest absolute Gasteiger partial charge is 0.497 e. The highest BCUT2D eigenvalue weighted by Gasteiger charge is 2.19. The average molecular weight is 361 g/mol. The molecule has 0 saturated heterocycles. The Hall–Kier alpha value is -3.02. The van der Waals surface area contributed by atoms with Crippen LogP contribution >= 0.6 is 15.9 Å². The number of nitriles is 3. The molecule has 0 bridgehead atoms. The van der Waals surface area contributed by atoms with E-state index in [1.807, 2.05) is 0 Å². The van der Waals surface area contributed by atoms with Gasteiger partial charge in [0.25, 0.3) is 0 Å². The number of esters is 1. The van der Waals surface area contributed by atoms with Crippen molar-refractivity contribution >= 4 is 27.6 Å². The molecule has 0 aliphatic carbocycles. The lowest BCUT2D eigenvalue weighted by Gasteiger charge is -2.13. The van der Waals surface area contributed by atoms with E-state index < -0.39 is 11.5 Å². The molecule has 0 fully saturated rings. The van der Waals surface area contributed by atoms with E-state index >= 15 is 0 Å². The maximum atomic E-state index is 11.9. The van der Waals surface area contributed by atoms with Gasteiger partial charge in [0.2, 0.25) is 0 Å². The molecule has 0 radical (unpaired) electrons. The third-order valence-corrected chi connectivity index (χ3v) is 3.17. The molecule has 0 heterocycles. The van der Waals surface area contributed by atoms with Gasteiger partial charge in [-0.05, 0) is 28.1 Å². The maximum Gasteiger partial charge on any atom is 0.340 e.